The maximum atomic E-state index is 10.7. The number of carboxylic acids is 1. The normalized spacial score (nSPS) is 24.2. The van der Waals surface area contributed by atoms with Crippen molar-refractivity contribution < 1.29 is 9.90 Å². The summed E-state index contributed by atoms with van der Waals surface area (Å²) in [6.45, 7) is 6.51. The zero-order chi connectivity index (χ0) is 11.9. The lowest BCUT2D eigenvalue weighted by molar-refractivity contribution is -0.308. The van der Waals surface area contributed by atoms with E-state index in [9.17, 15) is 9.90 Å². The SMILES string of the molecule is CC(C)(C)c1ccc([C@@H]2C[C@H]2C(=O)[O-])cc1. The molecule has 0 bridgehead atoms. The largest absolute Gasteiger partial charge is 0.550 e. The van der Waals surface area contributed by atoms with E-state index in [-0.39, 0.29) is 17.3 Å². The van der Waals surface area contributed by atoms with Crippen LogP contribution in [0.1, 0.15) is 44.2 Å². The number of benzene rings is 1. The van der Waals surface area contributed by atoms with Gasteiger partial charge in [-0.25, -0.2) is 0 Å². The molecule has 2 nitrogen and oxygen atoms in total. The molecule has 0 radical (unpaired) electrons. The third-order valence-corrected chi connectivity index (χ3v) is 3.30. The van der Waals surface area contributed by atoms with E-state index in [4.69, 9.17) is 0 Å². The Balaban J connectivity index is 2.13. The standard InChI is InChI=1S/C14H18O2/c1-14(2,3)10-6-4-9(5-7-10)11-8-12(11)13(15)16/h4-7,11-12H,8H2,1-3H3,(H,15,16)/p-1/t11-,12+/m0/s1. The van der Waals surface area contributed by atoms with Crippen molar-refractivity contribution in [2.45, 2.75) is 38.5 Å². The van der Waals surface area contributed by atoms with Gasteiger partial charge in [-0.15, -0.1) is 0 Å². The van der Waals surface area contributed by atoms with Gasteiger partial charge in [-0.3, -0.25) is 0 Å². The Labute approximate surface area is 96.3 Å². The third-order valence-electron chi connectivity index (χ3n) is 3.30. The van der Waals surface area contributed by atoms with E-state index >= 15 is 0 Å². The van der Waals surface area contributed by atoms with E-state index in [0.29, 0.717) is 0 Å². The first-order valence-corrected chi connectivity index (χ1v) is 5.71. The van der Waals surface area contributed by atoms with E-state index in [1.54, 1.807) is 0 Å². The lowest BCUT2D eigenvalue weighted by Crippen LogP contribution is -2.24. The first-order chi connectivity index (χ1) is 7.39. The molecular formula is C14H17O2-. The maximum absolute atomic E-state index is 10.7. The number of rotatable bonds is 2. The zero-order valence-corrected chi connectivity index (χ0v) is 9.99. The first-order valence-electron chi connectivity index (χ1n) is 5.71. The van der Waals surface area contributed by atoms with Gasteiger partial charge in [-0.1, -0.05) is 45.0 Å². The summed E-state index contributed by atoms with van der Waals surface area (Å²) < 4.78 is 0. The van der Waals surface area contributed by atoms with Crippen molar-refractivity contribution in [1.29, 1.82) is 0 Å². The number of carbonyl (C=O) groups is 1. The Morgan fingerprint density at radius 1 is 1.25 bits per heavy atom. The van der Waals surface area contributed by atoms with E-state index in [2.05, 4.69) is 32.9 Å². The number of hydrogen-bond donors (Lipinski definition) is 0. The maximum Gasteiger partial charge on any atom is 0.0451 e. The van der Waals surface area contributed by atoms with Crippen LogP contribution in [0, 0.1) is 5.92 Å². The predicted octanol–water partition coefficient (Wildman–Crippen LogP) is 1.84. The number of carboxylic acid groups (broad SMARTS) is 1. The minimum atomic E-state index is -0.912. The molecule has 0 spiro atoms. The molecule has 1 aromatic carbocycles. The van der Waals surface area contributed by atoms with Gasteiger partial charge < -0.3 is 9.90 Å². The predicted molar refractivity (Wildman–Crippen MR) is 61.0 cm³/mol. The molecule has 1 saturated carbocycles. The molecule has 1 aromatic rings. The highest BCUT2D eigenvalue weighted by atomic mass is 16.4. The quantitative estimate of drug-likeness (QED) is 0.758. The molecule has 1 fully saturated rings. The van der Waals surface area contributed by atoms with Crippen LogP contribution in [0.3, 0.4) is 0 Å². The Morgan fingerprint density at radius 3 is 2.19 bits per heavy atom. The van der Waals surface area contributed by atoms with Crippen molar-refractivity contribution in [3.05, 3.63) is 35.4 Å². The van der Waals surface area contributed by atoms with Gasteiger partial charge >= 0.3 is 0 Å². The molecule has 2 rings (SSSR count). The number of hydrogen-bond acceptors (Lipinski definition) is 2. The van der Waals surface area contributed by atoms with Crippen LogP contribution in [0.5, 0.6) is 0 Å². The molecule has 0 aromatic heterocycles. The monoisotopic (exact) mass is 217 g/mol. The molecular weight excluding hydrogens is 200 g/mol. The number of aliphatic carboxylic acids is 1. The van der Waals surface area contributed by atoms with Crippen molar-refractivity contribution >= 4 is 5.97 Å². The van der Waals surface area contributed by atoms with E-state index in [1.165, 1.54) is 5.56 Å². The van der Waals surface area contributed by atoms with Crippen LogP contribution in [0.15, 0.2) is 24.3 Å². The van der Waals surface area contributed by atoms with Crippen molar-refractivity contribution in [1.82, 2.24) is 0 Å². The van der Waals surface area contributed by atoms with E-state index in [0.717, 1.165) is 12.0 Å². The van der Waals surface area contributed by atoms with Gasteiger partial charge in [0.05, 0.1) is 0 Å². The zero-order valence-electron chi connectivity index (χ0n) is 9.99. The third kappa shape index (κ3) is 2.11. The minimum Gasteiger partial charge on any atom is -0.550 e. The summed E-state index contributed by atoms with van der Waals surface area (Å²) in [5.74, 6) is -0.996. The molecule has 16 heavy (non-hydrogen) atoms. The lowest BCUT2D eigenvalue weighted by Gasteiger charge is -2.19. The summed E-state index contributed by atoms with van der Waals surface area (Å²) in [4.78, 5) is 10.7. The van der Waals surface area contributed by atoms with Crippen molar-refractivity contribution in [2.75, 3.05) is 0 Å². The molecule has 0 amide bonds. The second kappa shape index (κ2) is 3.62. The smallest absolute Gasteiger partial charge is 0.0451 e. The average molecular weight is 217 g/mol. The first kappa shape index (κ1) is 11.2. The van der Waals surface area contributed by atoms with Crippen molar-refractivity contribution in [3.63, 3.8) is 0 Å². The summed E-state index contributed by atoms with van der Waals surface area (Å²) in [6, 6.07) is 8.29. The molecule has 1 aliphatic rings. The summed E-state index contributed by atoms with van der Waals surface area (Å²) in [6.07, 6.45) is 0.733. The topological polar surface area (TPSA) is 40.1 Å². The van der Waals surface area contributed by atoms with Gasteiger partial charge in [-0.05, 0) is 28.9 Å². The second-order valence-electron chi connectivity index (χ2n) is 5.64. The van der Waals surface area contributed by atoms with Gasteiger partial charge in [0.2, 0.25) is 0 Å². The van der Waals surface area contributed by atoms with Gasteiger partial charge in [0.1, 0.15) is 0 Å². The molecule has 0 aliphatic heterocycles. The second-order valence-corrected chi connectivity index (χ2v) is 5.64. The van der Waals surface area contributed by atoms with Crippen LogP contribution in [0.4, 0.5) is 0 Å². The van der Waals surface area contributed by atoms with E-state index in [1.807, 2.05) is 12.1 Å². The Kier molecular flexibility index (Phi) is 2.53. The van der Waals surface area contributed by atoms with Crippen LogP contribution >= 0.6 is 0 Å². The lowest BCUT2D eigenvalue weighted by atomic mass is 9.86. The van der Waals surface area contributed by atoms with Gasteiger partial charge in [0.15, 0.2) is 0 Å². The molecule has 0 heterocycles. The fourth-order valence-corrected chi connectivity index (χ4v) is 2.05. The van der Waals surface area contributed by atoms with Gasteiger partial charge in [-0.2, -0.15) is 0 Å². The number of carbonyl (C=O) groups excluding carboxylic acids is 1. The molecule has 0 saturated heterocycles. The molecule has 2 atom stereocenters. The molecule has 0 N–H and O–H groups in total. The average Bonchev–Trinajstić information content (AvgIpc) is 2.96. The summed E-state index contributed by atoms with van der Waals surface area (Å²) in [5.41, 5.74) is 2.56. The van der Waals surface area contributed by atoms with Crippen molar-refractivity contribution in [3.8, 4) is 0 Å². The van der Waals surface area contributed by atoms with Crippen LogP contribution in [0.2, 0.25) is 0 Å². The van der Waals surface area contributed by atoms with Crippen LogP contribution in [0.25, 0.3) is 0 Å². The highest BCUT2D eigenvalue weighted by Crippen LogP contribution is 2.47. The highest BCUT2D eigenvalue weighted by Gasteiger charge is 2.39. The van der Waals surface area contributed by atoms with Crippen molar-refractivity contribution in [2.24, 2.45) is 5.92 Å². The molecule has 86 valence electrons. The molecule has 0 unspecified atom stereocenters. The molecule has 1 aliphatic carbocycles. The Hall–Kier alpha value is -1.31. The fraction of sp³-hybridized carbons (Fsp3) is 0.500. The minimum absolute atomic E-state index is 0.149. The Bertz CT molecular complexity index is 398. The van der Waals surface area contributed by atoms with E-state index < -0.39 is 5.97 Å². The van der Waals surface area contributed by atoms with Crippen LogP contribution < -0.4 is 5.11 Å². The summed E-state index contributed by atoms with van der Waals surface area (Å²) in [5, 5.41) is 10.7. The van der Waals surface area contributed by atoms with Crippen LogP contribution in [-0.4, -0.2) is 5.97 Å². The fourth-order valence-electron chi connectivity index (χ4n) is 2.05. The molecule has 2 heteroatoms. The summed E-state index contributed by atoms with van der Waals surface area (Å²) >= 11 is 0. The van der Waals surface area contributed by atoms with Gasteiger partial charge in [0, 0.05) is 11.9 Å². The Morgan fingerprint density at radius 2 is 1.81 bits per heavy atom. The van der Waals surface area contributed by atoms with Gasteiger partial charge in [0.25, 0.3) is 0 Å². The van der Waals surface area contributed by atoms with Crippen LogP contribution in [-0.2, 0) is 10.2 Å². The summed E-state index contributed by atoms with van der Waals surface area (Å²) in [7, 11) is 0. The highest BCUT2D eigenvalue weighted by molar-refractivity contribution is 5.73.